The van der Waals surface area contributed by atoms with Gasteiger partial charge in [0.2, 0.25) is 5.91 Å². The molecule has 0 atom stereocenters. The highest BCUT2D eigenvalue weighted by molar-refractivity contribution is 5.99. The fourth-order valence-corrected chi connectivity index (χ4v) is 2.36. The molecule has 0 saturated carbocycles. The Kier molecular flexibility index (Phi) is 1.97. The van der Waals surface area contributed by atoms with E-state index in [1.807, 2.05) is 36.5 Å². The van der Waals surface area contributed by atoms with Crippen LogP contribution in [-0.2, 0) is 11.2 Å². The Morgan fingerprint density at radius 2 is 2.16 bits per heavy atom. The van der Waals surface area contributed by atoms with Crippen molar-refractivity contribution in [2.75, 3.05) is 5.32 Å². The quantitative estimate of drug-likeness (QED) is 0.717. The lowest BCUT2D eigenvalue weighted by atomic mass is 10.1. The van der Waals surface area contributed by atoms with Gasteiger partial charge in [0.1, 0.15) is 0 Å². The van der Waals surface area contributed by atoms with Gasteiger partial charge in [-0.25, -0.2) is 9.50 Å². The largest absolute Gasteiger partial charge is 0.326 e. The SMILES string of the molecule is O=C1Cc2cc(-c3ccc4nccn4n3)ccc2N1. The summed E-state index contributed by atoms with van der Waals surface area (Å²) in [5.74, 6) is 0.0465. The van der Waals surface area contributed by atoms with Crippen LogP contribution < -0.4 is 5.32 Å². The first-order chi connectivity index (χ1) is 9.29. The second-order valence-electron chi connectivity index (χ2n) is 4.55. The number of carbonyl (C=O) groups excluding carboxylic acids is 1. The van der Waals surface area contributed by atoms with E-state index in [4.69, 9.17) is 0 Å². The molecule has 1 aliphatic heterocycles. The Balaban J connectivity index is 1.83. The van der Waals surface area contributed by atoms with Crippen molar-refractivity contribution < 1.29 is 4.79 Å². The van der Waals surface area contributed by atoms with Crippen LogP contribution in [0.3, 0.4) is 0 Å². The maximum absolute atomic E-state index is 11.3. The van der Waals surface area contributed by atoms with Crippen molar-refractivity contribution in [1.29, 1.82) is 0 Å². The van der Waals surface area contributed by atoms with Crippen LogP contribution in [0.25, 0.3) is 16.9 Å². The van der Waals surface area contributed by atoms with Crippen molar-refractivity contribution in [2.45, 2.75) is 6.42 Å². The van der Waals surface area contributed by atoms with Crippen molar-refractivity contribution in [3.8, 4) is 11.3 Å². The lowest BCUT2D eigenvalue weighted by Gasteiger charge is -2.04. The van der Waals surface area contributed by atoms with E-state index in [2.05, 4.69) is 15.4 Å². The summed E-state index contributed by atoms with van der Waals surface area (Å²) in [6.07, 6.45) is 3.98. The molecule has 0 bridgehead atoms. The highest BCUT2D eigenvalue weighted by atomic mass is 16.1. The smallest absolute Gasteiger partial charge is 0.228 e. The zero-order chi connectivity index (χ0) is 12.8. The normalized spacial score (nSPS) is 13.6. The van der Waals surface area contributed by atoms with E-state index in [0.29, 0.717) is 6.42 Å². The Morgan fingerprint density at radius 1 is 1.21 bits per heavy atom. The number of nitrogens with one attached hydrogen (secondary N) is 1. The van der Waals surface area contributed by atoms with Crippen LogP contribution in [0.2, 0.25) is 0 Å². The number of anilines is 1. The average molecular weight is 250 g/mol. The molecule has 0 fully saturated rings. The van der Waals surface area contributed by atoms with E-state index >= 15 is 0 Å². The molecule has 0 saturated heterocycles. The molecule has 0 unspecified atom stereocenters. The minimum Gasteiger partial charge on any atom is -0.326 e. The first kappa shape index (κ1) is 10.3. The number of benzene rings is 1. The van der Waals surface area contributed by atoms with Gasteiger partial charge in [0.25, 0.3) is 0 Å². The number of nitrogens with zero attached hydrogens (tertiary/aromatic N) is 3. The zero-order valence-corrected chi connectivity index (χ0v) is 10.00. The lowest BCUT2D eigenvalue weighted by Crippen LogP contribution is -2.03. The summed E-state index contributed by atoms with van der Waals surface area (Å²) in [7, 11) is 0. The van der Waals surface area contributed by atoms with Gasteiger partial charge in [0, 0.05) is 23.6 Å². The number of imidazole rings is 1. The summed E-state index contributed by atoms with van der Waals surface area (Å²) in [6.45, 7) is 0. The maximum atomic E-state index is 11.3. The number of aromatic nitrogens is 3. The standard InChI is InChI=1S/C14H10N4O/c19-14-8-10-7-9(1-2-11(10)16-14)12-3-4-13-15-5-6-18(13)17-12/h1-7H,8H2,(H,16,19). The summed E-state index contributed by atoms with van der Waals surface area (Å²) in [5, 5.41) is 7.33. The molecule has 1 aromatic carbocycles. The van der Waals surface area contributed by atoms with Gasteiger partial charge < -0.3 is 5.32 Å². The van der Waals surface area contributed by atoms with Crippen molar-refractivity contribution in [3.63, 3.8) is 0 Å². The second-order valence-corrected chi connectivity index (χ2v) is 4.55. The third-order valence-electron chi connectivity index (χ3n) is 3.28. The number of hydrogen-bond donors (Lipinski definition) is 1. The van der Waals surface area contributed by atoms with Gasteiger partial charge in [-0.3, -0.25) is 4.79 Å². The lowest BCUT2D eigenvalue weighted by molar-refractivity contribution is -0.115. The number of amides is 1. The molecule has 3 heterocycles. The van der Waals surface area contributed by atoms with Gasteiger partial charge >= 0.3 is 0 Å². The first-order valence-corrected chi connectivity index (χ1v) is 6.03. The van der Waals surface area contributed by atoms with Crippen LogP contribution in [0.15, 0.2) is 42.7 Å². The molecular weight excluding hydrogens is 240 g/mol. The predicted octanol–water partition coefficient (Wildman–Crippen LogP) is 1.89. The van der Waals surface area contributed by atoms with Crippen LogP contribution in [0.1, 0.15) is 5.56 Å². The molecule has 5 heteroatoms. The third kappa shape index (κ3) is 1.59. The molecule has 0 radical (unpaired) electrons. The average Bonchev–Trinajstić information content (AvgIpc) is 3.01. The van der Waals surface area contributed by atoms with Crippen LogP contribution in [0.4, 0.5) is 5.69 Å². The Morgan fingerprint density at radius 3 is 3.11 bits per heavy atom. The molecule has 19 heavy (non-hydrogen) atoms. The molecule has 1 aliphatic rings. The van der Waals surface area contributed by atoms with E-state index in [1.54, 1.807) is 10.7 Å². The highest BCUT2D eigenvalue weighted by Gasteiger charge is 2.18. The third-order valence-corrected chi connectivity index (χ3v) is 3.28. The molecule has 1 N–H and O–H groups in total. The van der Waals surface area contributed by atoms with Crippen molar-refractivity contribution in [2.24, 2.45) is 0 Å². The molecule has 5 nitrogen and oxygen atoms in total. The van der Waals surface area contributed by atoms with Crippen LogP contribution in [-0.4, -0.2) is 20.5 Å². The first-order valence-electron chi connectivity index (χ1n) is 6.03. The number of hydrogen-bond acceptors (Lipinski definition) is 3. The van der Waals surface area contributed by atoms with E-state index in [-0.39, 0.29) is 5.91 Å². The van der Waals surface area contributed by atoms with Gasteiger partial charge in [0.05, 0.1) is 12.1 Å². The summed E-state index contributed by atoms with van der Waals surface area (Å²) in [5.41, 5.74) is 4.62. The number of rotatable bonds is 1. The van der Waals surface area contributed by atoms with Crippen molar-refractivity contribution in [3.05, 3.63) is 48.3 Å². The van der Waals surface area contributed by atoms with Crippen molar-refractivity contribution in [1.82, 2.24) is 14.6 Å². The van der Waals surface area contributed by atoms with Crippen LogP contribution in [0, 0.1) is 0 Å². The van der Waals surface area contributed by atoms with E-state index in [0.717, 1.165) is 28.2 Å². The van der Waals surface area contributed by atoms with Crippen LogP contribution >= 0.6 is 0 Å². The number of fused-ring (bicyclic) bond motifs is 2. The summed E-state index contributed by atoms with van der Waals surface area (Å²) in [4.78, 5) is 15.5. The summed E-state index contributed by atoms with van der Waals surface area (Å²) < 4.78 is 1.74. The van der Waals surface area contributed by atoms with Gasteiger partial charge in [-0.05, 0) is 29.8 Å². The van der Waals surface area contributed by atoms with Crippen molar-refractivity contribution >= 4 is 17.2 Å². The molecule has 0 aliphatic carbocycles. The zero-order valence-electron chi connectivity index (χ0n) is 10.00. The van der Waals surface area contributed by atoms with E-state index < -0.39 is 0 Å². The topological polar surface area (TPSA) is 59.3 Å². The molecule has 2 aromatic heterocycles. The summed E-state index contributed by atoms with van der Waals surface area (Å²) >= 11 is 0. The molecule has 4 rings (SSSR count). The van der Waals surface area contributed by atoms with Gasteiger partial charge in [0.15, 0.2) is 5.65 Å². The maximum Gasteiger partial charge on any atom is 0.228 e. The molecule has 92 valence electrons. The van der Waals surface area contributed by atoms with Gasteiger partial charge in [-0.2, -0.15) is 5.10 Å². The summed E-state index contributed by atoms with van der Waals surface area (Å²) in [6, 6.07) is 9.77. The Bertz CT molecular complexity index is 806. The molecule has 0 spiro atoms. The fraction of sp³-hybridized carbons (Fsp3) is 0.0714. The Labute approximate surface area is 108 Å². The van der Waals surface area contributed by atoms with E-state index in [1.165, 1.54) is 0 Å². The highest BCUT2D eigenvalue weighted by Crippen LogP contribution is 2.28. The van der Waals surface area contributed by atoms with E-state index in [9.17, 15) is 4.79 Å². The number of carbonyl (C=O) groups is 1. The molecule has 3 aromatic rings. The fourth-order valence-electron chi connectivity index (χ4n) is 2.36. The molecule has 1 amide bonds. The molecular formula is C14H10N4O. The predicted molar refractivity (Wildman–Crippen MR) is 70.8 cm³/mol. The second kappa shape index (κ2) is 3.65. The van der Waals surface area contributed by atoms with Crippen LogP contribution in [0.5, 0.6) is 0 Å². The monoisotopic (exact) mass is 250 g/mol. The minimum atomic E-state index is 0.0465. The van der Waals surface area contributed by atoms with Gasteiger partial charge in [-0.15, -0.1) is 0 Å². The minimum absolute atomic E-state index is 0.0465. The Hall–Kier alpha value is -2.69. The van der Waals surface area contributed by atoms with Gasteiger partial charge in [-0.1, -0.05) is 6.07 Å².